The van der Waals surface area contributed by atoms with Crippen LogP contribution in [0.15, 0.2) is 54.6 Å². The average molecular weight is 412 g/mol. The fourth-order valence-electron chi connectivity index (χ4n) is 2.60. The van der Waals surface area contributed by atoms with Crippen LogP contribution in [0.4, 0.5) is 13.2 Å². The number of carbonyl (C=O) groups is 2. The topological polar surface area (TPSA) is 122 Å². The maximum atomic E-state index is 12.4. The van der Waals surface area contributed by atoms with Crippen molar-refractivity contribution in [1.82, 2.24) is 5.32 Å². The maximum Gasteiger partial charge on any atom is 0.573 e. The third-order valence-electron chi connectivity index (χ3n) is 3.95. The quantitative estimate of drug-likeness (QED) is 0.524. The second kappa shape index (κ2) is 9.39. The highest BCUT2D eigenvalue weighted by Crippen LogP contribution is 2.26. The second-order valence-electron chi connectivity index (χ2n) is 6.20. The fourth-order valence-corrected chi connectivity index (χ4v) is 2.60. The van der Waals surface area contributed by atoms with Gasteiger partial charge >= 0.3 is 12.3 Å². The van der Waals surface area contributed by atoms with Gasteiger partial charge in [0.05, 0.1) is 0 Å². The van der Waals surface area contributed by atoms with Gasteiger partial charge in [0.2, 0.25) is 0 Å². The van der Waals surface area contributed by atoms with Gasteiger partial charge in [-0.15, -0.1) is 13.2 Å². The van der Waals surface area contributed by atoms with Crippen LogP contribution in [0, 0.1) is 0 Å². The molecule has 0 fully saturated rings. The van der Waals surface area contributed by atoms with Crippen LogP contribution in [0.25, 0.3) is 0 Å². The van der Waals surface area contributed by atoms with E-state index < -0.39 is 42.2 Å². The highest BCUT2D eigenvalue weighted by Gasteiger charge is 2.32. The molecule has 0 radical (unpaired) electrons. The van der Waals surface area contributed by atoms with Crippen molar-refractivity contribution in [2.45, 2.75) is 31.0 Å². The summed E-state index contributed by atoms with van der Waals surface area (Å²) in [5, 5.41) is 21.6. The number of halogens is 3. The molecule has 0 aliphatic carbocycles. The number of alkyl halides is 3. The number of nitrogens with one attached hydrogen (secondary N) is 1. The number of aliphatic carboxylic acids is 1. The minimum absolute atomic E-state index is 0.155. The number of carboxylic acid groups (broad SMARTS) is 1. The Morgan fingerprint density at radius 1 is 1.10 bits per heavy atom. The Bertz CT molecular complexity index is 845. The van der Waals surface area contributed by atoms with Crippen LogP contribution in [-0.2, 0) is 16.0 Å². The number of rotatable bonds is 8. The van der Waals surface area contributed by atoms with E-state index in [1.165, 1.54) is 6.07 Å². The number of carbonyl (C=O) groups excluding carboxylic acids is 1. The molecule has 7 nitrogen and oxygen atoms in total. The molecule has 29 heavy (non-hydrogen) atoms. The summed E-state index contributed by atoms with van der Waals surface area (Å²) in [6, 6.07) is 10.2. The standard InChI is InChI=1S/C19H19F3N2O5/c20-19(21,22)29-13-8-4-7-12(10-13)15(18(27)28)24-17(26)16(25)14(23)9-11-5-2-1-3-6-11/h1-8,10,14-16,25H,9,23H2,(H,24,26)(H,27,28)/t14-,15+,16+/m1/s1. The number of hydrogen-bond acceptors (Lipinski definition) is 5. The van der Waals surface area contributed by atoms with Crippen LogP contribution in [0.5, 0.6) is 5.75 Å². The van der Waals surface area contributed by atoms with E-state index in [9.17, 15) is 33.0 Å². The van der Waals surface area contributed by atoms with Gasteiger partial charge in [0.15, 0.2) is 6.04 Å². The van der Waals surface area contributed by atoms with Gasteiger partial charge in [0.25, 0.3) is 5.91 Å². The Hall–Kier alpha value is -3.11. The number of carboxylic acids is 1. The smallest absolute Gasteiger partial charge is 0.479 e. The first-order valence-corrected chi connectivity index (χ1v) is 8.43. The monoisotopic (exact) mass is 412 g/mol. The second-order valence-corrected chi connectivity index (χ2v) is 6.20. The SMILES string of the molecule is N[C@H](Cc1ccccc1)[C@H](O)C(=O)N[C@H](C(=O)O)c1cccc(OC(F)(F)F)c1. The van der Waals surface area contributed by atoms with E-state index in [-0.39, 0.29) is 12.0 Å². The average Bonchev–Trinajstić information content (AvgIpc) is 2.64. The molecule has 156 valence electrons. The van der Waals surface area contributed by atoms with Crippen LogP contribution < -0.4 is 15.8 Å². The molecule has 0 bridgehead atoms. The molecule has 0 spiro atoms. The summed E-state index contributed by atoms with van der Waals surface area (Å²) < 4.78 is 40.8. The van der Waals surface area contributed by atoms with E-state index in [0.717, 1.165) is 23.8 Å². The molecule has 0 aliphatic rings. The highest BCUT2D eigenvalue weighted by atomic mass is 19.4. The highest BCUT2D eigenvalue weighted by molar-refractivity contribution is 5.87. The first-order chi connectivity index (χ1) is 13.6. The predicted molar refractivity (Wildman–Crippen MR) is 95.8 cm³/mol. The summed E-state index contributed by atoms with van der Waals surface area (Å²) in [7, 11) is 0. The van der Waals surface area contributed by atoms with E-state index in [0.29, 0.717) is 0 Å². The van der Waals surface area contributed by atoms with Gasteiger partial charge in [-0.05, 0) is 29.7 Å². The van der Waals surface area contributed by atoms with Gasteiger partial charge in [-0.2, -0.15) is 0 Å². The van der Waals surface area contributed by atoms with Gasteiger partial charge in [-0.3, -0.25) is 4.79 Å². The molecule has 0 aliphatic heterocycles. The van der Waals surface area contributed by atoms with Crippen molar-refractivity contribution in [3.8, 4) is 5.75 Å². The fraction of sp³-hybridized carbons (Fsp3) is 0.263. The first kappa shape index (κ1) is 22.2. The van der Waals surface area contributed by atoms with Crippen molar-refractivity contribution < 1.29 is 37.7 Å². The maximum absolute atomic E-state index is 12.4. The molecule has 0 heterocycles. The van der Waals surface area contributed by atoms with E-state index in [1.54, 1.807) is 30.3 Å². The summed E-state index contributed by atoms with van der Waals surface area (Å²) in [6.07, 6.45) is -6.53. The van der Waals surface area contributed by atoms with Gasteiger partial charge in [0.1, 0.15) is 11.9 Å². The van der Waals surface area contributed by atoms with Crippen molar-refractivity contribution in [2.75, 3.05) is 0 Å². The van der Waals surface area contributed by atoms with Crippen LogP contribution in [-0.4, -0.2) is 40.6 Å². The number of aliphatic hydroxyl groups excluding tert-OH is 1. The van der Waals surface area contributed by atoms with Crippen LogP contribution in [0.3, 0.4) is 0 Å². The van der Waals surface area contributed by atoms with Crippen LogP contribution in [0.2, 0.25) is 0 Å². The molecule has 2 rings (SSSR count). The minimum atomic E-state index is -4.96. The summed E-state index contributed by atoms with van der Waals surface area (Å²) in [5.74, 6) is -3.24. The van der Waals surface area contributed by atoms with E-state index in [4.69, 9.17) is 5.73 Å². The molecule has 0 saturated carbocycles. The Labute approximate surface area is 163 Å². The lowest BCUT2D eigenvalue weighted by atomic mass is 10.0. The van der Waals surface area contributed by atoms with Gasteiger partial charge in [-0.1, -0.05) is 42.5 Å². The normalized spacial score (nSPS) is 14.5. The summed E-state index contributed by atoms with van der Waals surface area (Å²) in [6.45, 7) is 0. The number of nitrogens with two attached hydrogens (primary N) is 1. The lowest BCUT2D eigenvalue weighted by Gasteiger charge is -2.22. The zero-order valence-electron chi connectivity index (χ0n) is 15.0. The number of amides is 1. The molecule has 5 N–H and O–H groups in total. The Morgan fingerprint density at radius 2 is 1.76 bits per heavy atom. The van der Waals surface area contributed by atoms with Crippen LogP contribution in [0.1, 0.15) is 17.2 Å². The van der Waals surface area contributed by atoms with Crippen molar-refractivity contribution >= 4 is 11.9 Å². The largest absolute Gasteiger partial charge is 0.573 e. The summed E-state index contributed by atoms with van der Waals surface area (Å²) in [4.78, 5) is 23.8. The third-order valence-corrected chi connectivity index (χ3v) is 3.95. The Balaban J connectivity index is 2.10. The molecular formula is C19H19F3N2O5. The molecule has 0 unspecified atom stereocenters. The number of benzene rings is 2. The lowest BCUT2D eigenvalue weighted by Crippen LogP contribution is -2.49. The van der Waals surface area contributed by atoms with Crippen molar-refractivity contribution in [2.24, 2.45) is 5.73 Å². The predicted octanol–water partition coefficient (Wildman–Crippen LogP) is 1.76. The zero-order valence-corrected chi connectivity index (χ0v) is 15.0. The zero-order chi connectivity index (χ0) is 21.6. The van der Waals surface area contributed by atoms with Gasteiger partial charge < -0.3 is 26.0 Å². The van der Waals surface area contributed by atoms with E-state index in [1.807, 2.05) is 0 Å². The van der Waals surface area contributed by atoms with Gasteiger partial charge in [0, 0.05) is 6.04 Å². The third kappa shape index (κ3) is 6.77. The Morgan fingerprint density at radius 3 is 2.34 bits per heavy atom. The van der Waals surface area contributed by atoms with E-state index in [2.05, 4.69) is 10.1 Å². The molecule has 1 amide bonds. The first-order valence-electron chi connectivity index (χ1n) is 8.43. The van der Waals surface area contributed by atoms with Crippen LogP contribution >= 0.6 is 0 Å². The number of aliphatic hydroxyl groups is 1. The molecule has 0 aromatic heterocycles. The lowest BCUT2D eigenvalue weighted by molar-refractivity contribution is -0.274. The Kier molecular flexibility index (Phi) is 7.18. The summed E-state index contributed by atoms with van der Waals surface area (Å²) in [5.41, 5.74) is 6.42. The summed E-state index contributed by atoms with van der Waals surface area (Å²) >= 11 is 0. The molecule has 2 aromatic carbocycles. The molecule has 2 aromatic rings. The van der Waals surface area contributed by atoms with Crippen molar-refractivity contribution in [1.29, 1.82) is 0 Å². The van der Waals surface area contributed by atoms with Crippen molar-refractivity contribution in [3.63, 3.8) is 0 Å². The number of hydrogen-bond donors (Lipinski definition) is 4. The number of ether oxygens (including phenoxy) is 1. The minimum Gasteiger partial charge on any atom is -0.479 e. The van der Waals surface area contributed by atoms with Gasteiger partial charge in [-0.25, -0.2) is 4.79 Å². The molecule has 10 heteroatoms. The van der Waals surface area contributed by atoms with Crippen molar-refractivity contribution in [3.05, 3.63) is 65.7 Å². The molecule has 3 atom stereocenters. The molecule has 0 saturated heterocycles. The van der Waals surface area contributed by atoms with E-state index >= 15 is 0 Å². The molecular weight excluding hydrogens is 393 g/mol.